The molecule has 2 amide bonds. The maximum absolute atomic E-state index is 12.1. The molecule has 23 heavy (non-hydrogen) atoms. The van der Waals surface area contributed by atoms with E-state index in [4.69, 9.17) is 9.47 Å². The van der Waals surface area contributed by atoms with Crippen LogP contribution >= 0.6 is 0 Å². The molecule has 0 saturated heterocycles. The lowest BCUT2D eigenvalue weighted by atomic mass is 10.2. The van der Waals surface area contributed by atoms with E-state index >= 15 is 0 Å². The molecule has 6 nitrogen and oxygen atoms in total. The number of anilines is 2. The van der Waals surface area contributed by atoms with Crippen molar-refractivity contribution in [2.24, 2.45) is 0 Å². The number of carbonyl (C=O) groups is 2. The molecule has 0 spiro atoms. The van der Waals surface area contributed by atoms with Gasteiger partial charge in [0.05, 0.1) is 25.0 Å². The van der Waals surface area contributed by atoms with E-state index in [2.05, 4.69) is 10.6 Å². The highest BCUT2D eigenvalue weighted by molar-refractivity contribution is 6.05. The van der Waals surface area contributed by atoms with Crippen LogP contribution in [0.15, 0.2) is 48.5 Å². The Hall–Kier alpha value is -3.02. The van der Waals surface area contributed by atoms with E-state index in [1.54, 1.807) is 62.6 Å². The predicted octanol–water partition coefficient (Wildman–Crippen LogP) is 3.52. The normalized spacial score (nSPS) is 9.83. The number of carbonyl (C=O) groups excluding carboxylic acids is 2. The fourth-order valence-electron chi connectivity index (χ4n) is 1.94. The number of nitrogens with one attached hydrogen (secondary N) is 2. The van der Waals surface area contributed by atoms with Crippen LogP contribution in [-0.4, -0.2) is 25.7 Å². The fraction of sp³-hybridized carbons (Fsp3) is 0.176. The Labute approximate surface area is 134 Å². The van der Waals surface area contributed by atoms with Gasteiger partial charge in [0.25, 0.3) is 0 Å². The van der Waals surface area contributed by atoms with E-state index in [1.807, 2.05) is 0 Å². The highest BCUT2D eigenvalue weighted by atomic mass is 16.5. The summed E-state index contributed by atoms with van der Waals surface area (Å²) in [5.74, 6) is 0.219. The lowest BCUT2D eigenvalue weighted by Crippen LogP contribution is -2.21. The van der Waals surface area contributed by atoms with Gasteiger partial charge in [0, 0.05) is 5.69 Å². The Morgan fingerprint density at radius 3 is 2.35 bits per heavy atom. The van der Waals surface area contributed by atoms with Gasteiger partial charge in [-0.25, -0.2) is 9.59 Å². The Morgan fingerprint density at radius 2 is 1.70 bits per heavy atom. The molecule has 0 saturated carbocycles. The summed E-state index contributed by atoms with van der Waals surface area (Å²) in [6.07, 6.45) is 0. The van der Waals surface area contributed by atoms with Crippen molar-refractivity contribution >= 4 is 23.4 Å². The summed E-state index contributed by atoms with van der Waals surface area (Å²) in [5.41, 5.74) is 1.30. The lowest BCUT2D eigenvalue weighted by Gasteiger charge is -2.11. The largest absolute Gasteiger partial charge is 0.497 e. The van der Waals surface area contributed by atoms with E-state index in [-0.39, 0.29) is 6.61 Å². The summed E-state index contributed by atoms with van der Waals surface area (Å²) >= 11 is 0. The molecule has 2 rings (SSSR count). The zero-order valence-corrected chi connectivity index (χ0v) is 13.0. The molecule has 0 bridgehead atoms. The van der Waals surface area contributed by atoms with Crippen LogP contribution in [-0.2, 0) is 4.74 Å². The number of amides is 2. The summed E-state index contributed by atoms with van der Waals surface area (Å²) in [7, 11) is 1.57. The summed E-state index contributed by atoms with van der Waals surface area (Å²) in [5, 5.41) is 5.33. The minimum absolute atomic E-state index is 0.269. The Bertz CT molecular complexity index is 683. The minimum atomic E-state index is -0.479. The average Bonchev–Trinajstić information content (AvgIpc) is 2.56. The van der Waals surface area contributed by atoms with Crippen molar-refractivity contribution in [3.63, 3.8) is 0 Å². The van der Waals surface area contributed by atoms with E-state index < -0.39 is 12.0 Å². The maximum atomic E-state index is 12.1. The Kier molecular flexibility index (Phi) is 5.57. The third-order valence-corrected chi connectivity index (χ3v) is 3.02. The first-order chi connectivity index (χ1) is 11.1. The molecule has 0 aromatic heterocycles. The Balaban J connectivity index is 2.06. The first-order valence-electron chi connectivity index (χ1n) is 7.12. The van der Waals surface area contributed by atoms with Gasteiger partial charge < -0.3 is 20.1 Å². The van der Waals surface area contributed by atoms with E-state index in [0.29, 0.717) is 22.7 Å². The second kappa shape index (κ2) is 7.84. The number of hydrogen-bond donors (Lipinski definition) is 2. The van der Waals surface area contributed by atoms with Gasteiger partial charge in [0.1, 0.15) is 5.75 Å². The molecule has 0 aliphatic carbocycles. The van der Waals surface area contributed by atoms with Gasteiger partial charge in [0.2, 0.25) is 0 Å². The molecule has 0 aliphatic heterocycles. The third-order valence-electron chi connectivity index (χ3n) is 3.02. The number of ether oxygens (including phenoxy) is 2. The van der Waals surface area contributed by atoms with Gasteiger partial charge in [-0.3, -0.25) is 0 Å². The third kappa shape index (κ3) is 4.47. The van der Waals surface area contributed by atoms with Crippen molar-refractivity contribution < 1.29 is 19.1 Å². The lowest BCUT2D eigenvalue weighted by molar-refractivity contribution is 0.0527. The van der Waals surface area contributed by atoms with E-state index in [9.17, 15) is 9.59 Å². The van der Waals surface area contributed by atoms with Gasteiger partial charge in [0.15, 0.2) is 0 Å². The molecule has 120 valence electrons. The van der Waals surface area contributed by atoms with E-state index in [1.165, 1.54) is 0 Å². The fourth-order valence-corrected chi connectivity index (χ4v) is 1.94. The van der Waals surface area contributed by atoms with Crippen molar-refractivity contribution in [1.82, 2.24) is 0 Å². The summed E-state index contributed by atoms with van der Waals surface area (Å²) in [6, 6.07) is 13.1. The molecule has 0 radical (unpaired) electrons. The molecule has 0 unspecified atom stereocenters. The molecule has 0 heterocycles. The number of benzene rings is 2. The van der Waals surface area contributed by atoms with Crippen molar-refractivity contribution in [3.8, 4) is 5.75 Å². The molecule has 2 aromatic rings. The van der Waals surface area contributed by atoms with Crippen LogP contribution in [0, 0.1) is 0 Å². The molecule has 0 fully saturated rings. The van der Waals surface area contributed by atoms with Crippen LogP contribution in [0.4, 0.5) is 16.2 Å². The van der Waals surface area contributed by atoms with Crippen LogP contribution in [0.5, 0.6) is 5.75 Å². The monoisotopic (exact) mass is 314 g/mol. The number of para-hydroxylation sites is 1. The molecular weight excluding hydrogens is 296 g/mol. The van der Waals surface area contributed by atoms with Crippen LogP contribution in [0.1, 0.15) is 17.3 Å². The number of hydrogen-bond acceptors (Lipinski definition) is 4. The SMILES string of the molecule is CCOC(=O)c1ccccc1NC(=O)Nc1ccc(OC)cc1. The number of esters is 1. The summed E-state index contributed by atoms with van der Waals surface area (Å²) in [6.45, 7) is 2.00. The second-order valence-corrected chi connectivity index (χ2v) is 4.57. The van der Waals surface area contributed by atoms with Crippen LogP contribution in [0.25, 0.3) is 0 Å². The summed E-state index contributed by atoms with van der Waals surface area (Å²) < 4.78 is 10.0. The quantitative estimate of drug-likeness (QED) is 0.828. The van der Waals surface area contributed by atoms with Gasteiger partial charge >= 0.3 is 12.0 Å². The highest BCUT2D eigenvalue weighted by Crippen LogP contribution is 2.18. The molecule has 6 heteroatoms. The van der Waals surface area contributed by atoms with Crippen molar-refractivity contribution in [2.75, 3.05) is 24.4 Å². The molecule has 0 atom stereocenters. The van der Waals surface area contributed by atoms with Gasteiger partial charge in [-0.1, -0.05) is 12.1 Å². The first-order valence-corrected chi connectivity index (χ1v) is 7.12. The molecule has 0 aliphatic rings. The zero-order chi connectivity index (χ0) is 16.7. The standard InChI is InChI=1S/C17H18N2O4/c1-3-23-16(20)14-6-4-5-7-15(14)19-17(21)18-12-8-10-13(22-2)11-9-12/h4-11H,3H2,1-2H3,(H2,18,19,21). The second-order valence-electron chi connectivity index (χ2n) is 4.57. The molecule has 2 N–H and O–H groups in total. The topological polar surface area (TPSA) is 76.7 Å². The predicted molar refractivity (Wildman–Crippen MR) is 88.0 cm³/mol. The zero-order valence-electron chi connectivity index (χ0n) is 13.0. The highest BCUT2D eigenvalue weighted by Gasteiger charge is 2.13. The smallest absolute Gasteiger partial charge is 0.340 e. The minimum Gasteiger partial charge on any atom is -0.497 e. The van der Waals surface area contributed by atoms with Crippen molar-refractivity contribution in [3.05, 3.63) is 54.1 Å². The number of urea groups is 1. The Morgan fingerprint density at radius 1 is 1.00 bits per heavy atom. The molecule has 2 aromatic carbocycles. The van der Waals surface area contributed by atoms with Crippen molar-refractivity contribution in [2.45, 2.75) is 6.92 Å². The number of methoxy groups -OCH3 is 1. The van der Waals surface area contributed by atoms with Gasteiger partial charge in [-0.15, -0.1) is 0 Å². The van der Waals surface area contributed by atoms with Crippen LogP contribution in [0.2, 0.25) is 0 Å². The van der Waals surface area contributed by atoms with Crippen molar-refractivity contribution in [1.29, 1.82) is 0 Å². The summed E-state index contributed by atoms with van der Waals surface area (Å²) in [4.78, 5) is 23.9. The van der Waals surface area contributed by atoms with E-state index in [0.717, 1.165) is 0 Å². The van der Waals surface area contributed by atoms with Crippen LogP contribution in [0.3, 0.4) is 0 Å². The number of rotatable bonds is 5. The van der Waals surface area contributed by atoms with Gasteiger partial charge in [-0.05, 0) is 43.3 Å². The maximum Gasteiger partial charge on any atom is 0.340 e. The average molecular weight is 314 g/mol. The first kappa shape index (κ1) is 16.4. The molecular formula is C17H18N2O4. The van der Waals surface area contributed by atoms with Gasteiger partial charge in [-0.2, -0.15) is 0 Å². The van der Waals surface area contributed by atoms with Crippen LogP contribution < -0.4 is 15.4 Å².